The molecule has 0 heterocycles. The monoisotopic (exact) mass is 497 g/mol. The summed E-state index contributed by atoms with van der Waals surface area (Å²) in [4.78, 5) is 50.6. The van der Waals surface area contributed by atoms with E-state index in [9.17, 15) is 19.2 Å². The molecule has 0 radical (unpaired) electrons. The van der Waals surface area contributed by atoms with E-state index in [1.54, 1.807) is 51.1 Å². The van der Waals surface area contributed by atoms with Crippen molar-refractivity contribution in [2.45, 2.75) is 65.1 Å². The van der Waals surface area contributed by atoms with Crippen LogP contribution >= 0.6 is 0 Å². The molecule has 3 N–H and O–H groups in total. The number of hydrogen-bond donors (Lipinski definition) is 3. The minimum absolute atomic E-state index is 0.0906. The Morgan fingerprint density at radius 1 is 0.861 bits per heavy atom. The molecule has 0 saturated heterocycles. The maximum atomic E-state index is 13.2. The first-order chi connectivity index (χ1) is 16.9. The van der Waals surface area contributed by atoms with Crippen molar-refractivity contribution in [3.05, 3.63) is 71.8 Å². The summed E-state index contributed by atoms with van der Waals surface area (Å²) in [6.07, 6.45) is -0.267. The topological polar surface area (TPSA) is 123 Å². The molecule has 9 heteroatoms. The summed E-state index contributed by atoms with van der Waals surface area (Å²) in [6, 6.07) is 15.2. The normalized spacial score (nSPS) is 12.8. The molecule has 2 amide bonds. The van der Waals surface area contributed by atoms with Gasteiger partial charge in [-0.05, 0) is 50.8 Å². The van der Waals surface area contributed by atoms with Gasteiger partial charge < -0.3 is 14.8 Å². The Balaban J connectivity index is 2.15. The SMILES string of the molecule is CC(C)CC(NNC(=O)OC(C)(C)C)C(=O)N[C@@H](Cc1ccccc1)C(=O)OC(=O)c1ccccc1. The zero-order valence-corrected chi connectivity index (χ0v) is 21.4. The molecule has 0 aliphatic rings. The number of nitrogens with one attached hydrogen (secondary N) is 3. The van der Waals surface area contributed by atoms with Crippen LogP contribution in [0.5, 0.6) is 0 Å². The van der Waals surface area contributed by atoms with E-state index in [2.05, 4.69) is 16.2 Å². The third-order valence-corrected chi connectivity index (χ3v) is 4.86. The number of hydrogen-bond acceptors (Lipinski definition) is 7. The van der Waals surface area contributed by atoms with E-state index in [1.165, 1.54) is 12.1 Å². The fourth-order valence-electron chi connectivity index (χ4n) is 3.26. The Bertz CT molecular complexity index is 1020. The van der Waals surface area contributed by atoms with Crippen LogP contribution in [-0.4, -0.2) is 41.6 Å². The van der Waals surface area contributed by atoms with Gasteiger partial charge in [0.05, 0.1) is 5.56 Å². The fourth-order valence-corrected chi connectivity index (χ4v) is 3.26. The number of carbonyl (C=O) groups is 4. The molecule has 0 aliphatic carbocycles. The Kier molecular flexibility index (Phi) is 10.6. The molecule has 0 spiro atoms. The Morgan fingerprint density at radius 3 is 2.00 bits per heavy atom. The van der Waals surface area contributed by atoms with E-state index in [0.29, 0.717) is 6.42 Å². The first-order valence-electron chi connectivity index (χ1n) is 11.8. The predicted molar refractivity (Wildman–Crippen MR) is 135 cm³/mol. The Hall–Kier alpha value is -3.72. The van der Waals surface area contributed by atoms with Gasteiger partial charge in [-0.3, -0.25) is 10.2 Å². The second-order valence-corrected chi connectivity index (χ2v) is 9.78. The smallest absolute Gasteiger partial charge is 0.422 e. The number of hydrazine groups is 1. The molecule has 0 bridgehead atoms. The Labute approximate surface area is 211 Å². The van der Waals surface area contributed by atoms with Crippen molar-refractivity contribution in [2.24, 2.45) is 5.92 Å². The molecular formula is C27H35N3O6. The van der Waals surface area contributed by atoms with Crippen LogP contribution in [0.3, 0.4) is 0 Å². The maximum absolute atomic E-state index is 13.2. The quantitative estimate of drug-likeness (QED) is 0.261. The van der Waals surface area contributed by atoms with Crippen LogP contribution in [0, 0.1) is 5.92 Å². The molecule has 2 rings (SSSR count). The van der Waals surface area contributed by atoms with Gasteiger partial charge in [0, 0.05) is 6.42 Å². The lowest BCUT2D eigenvalue weighted by molar-refractivity contribution is -0.143. The van der Waals surface area contributed by atoms with Gasteiger partial charge in [-0.15, -0.1) is 0 Å². The highest BCUT2D eigenvalue weighted by Gasteiger charge is 2.29. The molecule has 9 nitrogen and oxygen atoms in total. The van der Waals surface area contributed by atoms with Gasteiger partial charge in [-0.1, -0.05) is 62.4 Å². The molecule has 1 unspecified atom stereocenters. The summed E-state index contributed by atoms with van der Waals surface area (Å²) in [6.45, 7) is 9.01. The van der Waals surface area contributed by atoms with E-state index in [-0.39, 0.29) is 17.9 Å². The number of ether oxygens (including phenoxy) is 2. The molecule has 0 aromatic heterocycles. The van der Waals surface area contributed by atoms with Crippen molar-refractivity contribution in [1.82, 2.24) is 16.2 Å². The molecule has 2 aromatic rings. The summed E-state index contributed by atoms with van der Waals surface area (Å²) in [5.74, 6) is -2.14. The van der Waals surface area contributed by atoms with E-state index < -0.39 is 41.6 Å². The molecular weight excluding hydrogens is 462 g/mol. The third-order valence-electron chi connectivity index (χ3n) is 4.86. The number of benzene rings is 2. The highest BCUT2D eigenvalue weighted by Crippen LogP contribution is 2.11. The molecule has 0 fully saturated rings. The van der Waals surface area contributed by atoms with Crippen LogP contribution in [0.1, 0.15) is 57.0 Å². The summed E-state index contributed by atoms with van der Waals surface area (Å²) in [7, 11) is 0. The average molecular weight is 498 g/mol. The van der Waals surface area contributed by atoms with Gasteiger partial charge in [-0.25, -0.2) is 19.8 Å². The van der Waals surface area contributed by atoms with Crippen molar-refractivity contribution in [1.29, 1.82) is 0 Å². The number of amides is 2. The Morgan fingerprint density at radius 2 is 1.44 bits per heavy atom. The van der Waals surface area contributed by atoms with Gasteiger partial charge in [0.25, 0.3) is 0 Å². The number of esters is 2. The maximum Gasteiger partial charge on any atom is 0.422 e. The van der Waals surface area contributed by atoms with Crippen LogP contribution in [0.2, 0.25) is 0 Å². The highest BCUT2D eigenvalue weighted by atomic mass is 16.6. The van der Waals surface area contributed by atoms with Crippen LogP contribution < -0.4 is 16.2 Å². The van der Waals surface area contributed by atoms with Crippen LogP contribution in [0.4, 0.5) is 4.79 Å². The zero-order chi connectivity index (χ0) is 26.7. The molecule has 36 heavy (non-hydrogen) atoms. The fraction of sp³-hybridized carbons (Fsp3) is 0.407. The van der Waals surface area contributed by atoms with Gasteiger partial charge in [0.1, 0.15) is 17.7 Å². The van der Waals surface area contributed by atoms with Gasteiger partial charge in [-0.2, -0.15) is 0 Å². The summed E-state index contributed by atoms with van der Waals surface area (Å²) in [5.41, 5.74) is 5.36. The second-order valence-electron chi connectivity index (χ2n) is 9.78. The third kappa shape index (κ3) is 10.3. The van der Waals surface area contributed by atoms with E-state index in [1.807, 2.05) is 32.0 Å². The standard InChI is InChI=1S/C27H35N3O6/c1-18(2)16-21(29-30-26(34)36-27(3,4)5)23(31)28-22(17-19-12-8-6-9-13-19)25(33)35-24(32)20-14-10-7-11-15-20/h6-15,18,21-22,29H,16-17H2,1-5H3,(H,28,31)(H,30,34)/t21?,22-/m0/s1. The average Bonchev–Trinajstić information content (AvgIpc) is 2.81. The van der Waals surface area contributed by atoms with Crippen LogP contribution in [0.25, 0.3) is 0 Å². The molecule has 2 atom stereocenters. The lowest BCUT2D eigenvalue weighted by atomic mass is 10.0. The van der Waals surface area contributed by atoms with E-state index in [4.69, 9.17) is 9.47 Å². The first-order valence-corrected chi connectivity index (χ1v) is 11.8. The molecule has 0 saturated carbocycles. The van der Waals surface area contributed by atoms with E-state index >= 15 is 0 Å². The van der Waals surface area contributed by atoms with Crippen molar-refractivity contribution in [3.8, 4) is 0 Å². The molecule has 0 aliphatic heterocycles. The highest BCUT2D eigenvalue weighted by molar-refractivity contribution is 5.99. The minimum atomic E-state index is -1.13. The zero-order valence-electron chi connectivity index (χ0n) is 21.4. The van der Waals surface area contributed by atoms with Crippen molar-refractivity contribution >= 4 is 23.9 Å². The predicted octanol–water partition coefficient (Wildman–Crippen LogP) is 3.54. The number of rotatable bonds is 10. The van der Waals surface area contributed by atoms with E-state index in [0.717, 1.165) is 5.56 Å². The molecule has 2 aromatic carbocycles. The van der Waals surface area contributed by atoms with Crippen molar-refractivity contribution in [2.75, 3.05) is 0 Å². The lowest BCUT2D eigenvalue weighted by Gasteiger charge is -2.25. The van der Waals surface area contributed by atoms with Gasteiger partial charge in [0.15, 0.2) is 0 Å². The summed E-state index contributed by atoms with van der Waals surface area (Å²) >= 11 is 0. The van der Waals surface area contributed by atoms with Gasteiger partial charge >= 0.3 is 18.0 Å². The largest absolute Gasteiger partial charge is 0.443 e. The van der Waals surface area contributed by atoms with Crippen LogP contribution in [-0.2, 0) is 25.5 Å². The first kappa shape index (κ1) is 28.5. The second kappa shape index (κ2) is 13.4. The summed E-state index contributed by atoms with van der Waals surface area (Å²) < 4.78 is 10.3. The molecule has 194 valence electrons. The van der Waals surface area contributed by atoms with Crippen molar-refractivity contribution < 1.29 is 28.7 Å². The van der Waals surface area contributed by atoms with Crippen LogP contribution in [0.15, 0.2) is 60.7 Å². The minimum Gasteiger partial charge on any atom is -0.443 e. The lowest BCUT2D eigenvalue weighted by Crippen LogP contribution is -2.56. The van der Waals surface area contributed by atoms with Gasteiger partial charge in [0.2, 0.25) is 5.91 Å². The summed E-state index contributed by atoms with van der Waals surface area (Å²) in [5, 5.41) is 2.68. The number of carbonyl (C=O) groups excluding carboxylic acids is 4. The van der Waals surface area contributed by atoms with Crippen molar-refractivity contribution in [3.63, 3.8) is 0 Å².